The second-order valence-corrected chi connectivity index (χ2v) is 5.62. The van der Waals surface area contributed by atoms with E-state index < -0.39 is 0 Å². The maximum Gasteiger partial charge on any atom is 0.244 e. The van der Waals surface area contributed by atoms with Gasteiger partial charge in [-0.15, -0.1) is 0 Å². The van der Waals surface area contributed by atoms with Gasteiger partial charge in [-0.2, -0.15) is 16.9 Å². The Morgan fingerprint density at radius 1 is 1.71 bits per heavy atom. The third-order valence-corrected chi connectivity index (χ3v) is 4.27. The third kappa shape index (κ3) is 3.15. The van der Waals surface area contributed by atoms with Crippen LogP contribution in [0.4, 0.5) is 5.69 Å². The van der Waals surface area contributed by atoms with Crippen molar-refractivity contribution in [3.63, 3.8) is 0 Å². The Morgan fingerprint density at radius 3 is 3.18 bits per heavy atom. The van der Waals surface area contributed by atoms with Gasteiger partial charge in [-0.3, -0.25) is 9.48 Å². The van der Waals surface area contributed by atoms with Crippen LogP contribution in [0.25, 0.3) is 0 Å². The minimum Gasteiger partial charge on any atom is -0.396 e. The standard InChI is InChI=1S/C11H18N4OS/c1-2-10-7-14(3-4-17-10)11(16)8-15-6-9(12)5-13-15/h5-6,10H,2-4,7-8,12H2,1H3. The van der Waals surface area contributed by atoms with Crippen LogP contribution >= 0.6 is 11.8 Å². The minimum atomic E-state index is 0.131. The molecule has 2 N–H and O–H groups in total. The molecule has 94 valence electrons. The molecule has 0 radical (unpaired) electrons. The van der Waals surface area contributed by atoms with Crippen molar-refractivity contribution in [1.82, 2.24) is 14.7 Å². The molecule has 1 aromatic rings. The highest BCUT2D eigenvalue weighted by Crippen LogP contribution is 2.21. The van der Waals surface area contributed by atoms with Gasteiger partial charge >= 0.3 is 0 Å². The molecule has 1 aliphatic heterocycles. The summed E-state index contributed by atoms with van der Waals surface area (Å²) in [7, 11) is 0. The number of carbonyl (C=O) groups excluding carboxylic acids is 1. The number of thioether (sulfide) groups is 1. The highest BCUT2D eigenvalue weighted by molar-refractivity contribution is 8.00. The van der Waals surface area contributed by atoms with Crippen LogP contribution in [0.1, 0.15) is 13.3 Å². The summed E-state index contributed by atoms with van der Waals surface area (Å²) in [4.78, 5) is 14.0. The molecule has 1 aliphatic rings. The molecule has 6 heteroatoms. The lowest BCUT2D eigenvalue weighted by atomic mass is 10.3. The van der Waals surface area contributed by atoms with Gasteiger partial charge in [0.25, 0.3) is 0 Å². The van der Waals surface area contributed by atoms with Crippen molar-refractivity contribution in [3.05, 3.63) is 12.4 Å². The molecule has 1 atom stereocenters. The molecule has 5 nitrogen and oxygen atoms in total. The smallest absolute Gasteiger partial charge is 0.244 e. The normalized spacial score (nSPS) is 20.5. The van der Waals surface area contributed by atoms with Gasteiger partial charge in [0.15, 0.2) is 0 Å². The van der Waals surface area contributed by atoms with E-state index in [-0.39, 0.29) is 12.5 Å². The van der Waals surface area contributed by atoms with Crippen LogP contribution in [0.2, 0.25) is 0 Å². The summed E-state index contributed by atoms with van der Waals surface area (Å²) >= 11 is 1.96. The summed E-state index contributed by atoms with van der Waals surface area (Å²) in [6.45, 7) is 4.16. The van der Waals surface area contributed by atoms with Crippen molar-refractivity contribution in [3.8, 4) is 0 Å². The van der Waals surface area contributed by atoms with Gasteiger partial charge < -0.3 is 10.6 Å². The number of rotatable bonds is 3. The number of carbonyl (C=O) groups is 1. The molecule has 0 spiro atoms. The second kappa shape index (κ2) is 5.44. The summed E-state index contributed by atoms with van der Waals surface area (Å²) in [5.41, 5.74) is 6.16. The molecule has 2 heterocycles. The first kappa shape index (κ1) is 12.3. The van der Waals surface area contributed by atoms with E-state index in [1.54, 1.807) is 17.1 Å². The SMILES string of the molecule is CCC1CN(C(=O)Cn2cc(N)cn2)CCS1. The lowest BCUT2D eigenvalue weighted by molar-refractivity contribution is -0.131. The number of hydrogen-bond acceptors (Lipinski definition) is 4. The Balaban J connectivity index is 1.91. The van der Waals surface area contributed by atoms with Crippen molar-refractivity contribution >= 4 is 23.4 Å². The van der Waals surface area contributed by atoms with Crippen LogP contribution in [0.5, 0.6) is 0 Å². The van der Waals surface area contributed by atoms with E-state index in [1.165, 1.54) is 0 Å². The Morgan fingerprint density at radius 2 is 2.53 bits per heavy atom. The van der Waals surface area contributed by atoms with E-state index in [1.807, 2.05) is 16.7 Å². The monoisotopic (exact) mass is 254 g/mol. The number of hydrogen-bond donors (Lipinski definition) is 1. The fourth-order valence-corrected chi connectivity index (χ4v) is 3.08. The average molecular weight is 254 g/mol. The topological polar surface area (TPSA) is 64.2 Å². The van der Waals surface area contributed by atoms with Gasteiger partial charge in [-0.05, 0) is 6.42 Å². The Kier molecular flexibility index (Phi) is 3.93. The third-order valence-electron chi connectivity index (χ3n) is 2.90. The molecule has 1 aromatic heterocycles. The zero-order valence-corrected chi connectivity index (χ0v) is 10.8. The molecule has 0 aliphatic carbocycles. The van der Waals surface area contributed by atoms with Gasteiger partial charge in [0.1, 0.15) is 6.54 Å². The van der Waals surface area contributed by atoms with Crippen molar-refractivity contribution in [2.24, 2.45) is 0 Å². The van der Waals surface area contributed by atoms with Crippen LogP contribution in [-0.4, -0.2) is 44.7 Å². The number of nitrogen functional groups attached to an aromatic ring is 1. The Labute approximate surface area is 105 Å². The maximum atomic E-state index is 12.1. The van der Waals surface area contributed by atoms with Crippen molar-refractivity contribution in [1.29, 1.82) is 0 Å². The van der Waals surface area contributed by atoms with Crippen LogP contribution in [0.15, 0.2) is 12.4 Å². The first-order chi connectivity index (χ1) is 8.19. The van der Waals surface area contributed by atoms with Crippen LogP contribution in [-0.2, 0) is 11.3 Å². The molecule has 0 saturated carbocycles. The fourth-order valence-electron chi connectivity index (χ4n) is 1.90. The number of anilines is 1. The Hall–Kier alpha value is -1.17. The summed E-state index contributed by atoms with van der Waals surface area (Å²) in [6, 6.07) is 0. The van der Waals surface area contributed by atoms with E-state index >= 15 is 0 Å². The quantitative estimate of drug-likeness (QED) is 0.867. The largest absolute Gasteiger partial charge is 0.396 e. The van der Waals surface area contributed by atoms with E-state index in [9.17, 15) is 4.79 Å². The first-order valence-corrected chi connectivity index (χ1v) is 6.91. The zero-order valence-electron chi connectivity index (χ0n) is 10.0. The minimum absolute atomic E-state index is 0.131. The van der Waals surface area contributed by atoms with Gasteiger partial charge in [-0.1, -0.05) is 6.92 Å². The Bertz CT molecular complexity index is 393. The maximum absolute atomic E-state index is 12.1. The molecular formula is C11H18N4OS. The molecule has 1 unspecified atom stereocenters. The predicted octanol–water partition coefficient (Wildman–Crippen LogP) is 0.819. The molecule has 0 bridgehead atoms. The van der Waals surface area contributed by atoms with Gasteiger partial charge in [-0.25, -0.2) is 0 Å². The highest BCUT2D eigenvalue weighted by atomic mass is 32.2. The average Bonchev–Trinajstić information content (AvgIpc) is 2.75. The fraction of sp³-hybridized carbons (Fsp3) is 0.636. The summed E-state index contributed by atoms with van der Waals surface area (Å²) in [5.74, 6) is 1.16. The molecule has 0 aromatic carbocycles. The van der Waals surface area contributed by atoms with E-state index in [2.05, 4.69) is 12.0 Å². The highest BCUT2D eigenvalue weighted by Gasteiger charge is 2.22. The number of amides is 1. The summed E-state index contributed by atoms with van der Waals surface area (Å²) in [6.07, 6.45) is 4.37. The number of aromatic nitrogens is 2. The molecular weight excluding hydrogens is 236 g/mol. The summed E-state index contributed by atoms with van der Waals surface area (Å²) in [5, 5.41) is 4.61. The predicted molar refractivity (Wildman–Crippen MR) is 69.8 cm³/mol. The zero-order chi connectivity index (χ0) is 12.3. The van der Waals surface area contributed by atoms with Crippen molar-refractivity contribution in [2.75, 3.05) is 24.6 Å². The number of nitrogens with zero attached hydrogens (tertiary/aromatic N) is 3. The van der Waals surface area contributed by atoms with Crippen LogP contribution < -0.4 is 5.73 Å². The molecule has 1 saturated heterocycles. The van der Waals surface area contributed by atoms with Gasteiger partial charge in [0.2, 0.25) is 5.91 Å². The molecule has 1 fully saturated rings. The van der Waals surface area contributed by atoms with E-state index in [0.29, 0.717) is 10.9 Å². The lowest BCUT2D eigenvalue weighted by Gasteiger charge is -2.31. The molecule has 2 rings (SSSR count). The van der Waals surface area contributed by atoms with Crippen molar-refractivity contribution < 1.29 is 4.79 Å². The van der Waals surface area contributed by atoms with E-state index in [4.69, 9.17) is 5.73 Å². The molecule has 1 amide bonds. The lowest BCUT2D eigenvalue weighted by Crippen LogP contribution is -2.43. The second-order valence-electron chi connectivity index (χ2n) is 4.21. The van der Waals surface area contributed by atoms with E-state index in [0.717, 1.165) is 25.3 Å². The van der Waals surface area contributed by atoms with Crippen LogP contribution in [0, 0.1) is 0 Å². The number of nitrogens with two attached hydrogens (primary N) is 1. The molecule has 17 heavy (non-hydrogen) atoms. The van der Waals surface area contributed by atoms with Crippen LogP contribution in [0.3, 0.4) is 0 Å². The van der Waals surface area contributed by atoms with Gasteiger partial charge in [0.05, 0.1) is 11.9 Å². The van der Waals surface area contributed by atoms with Crippen molar-refractivity contribution in [2.45, 2.75) is 25.1 Å². The summed E-state index contributed by atoms with van der Waals surface area (Å²) < 4.78 is 1.60. The van der Waals surface area contributed by atoms with Gasteiger partial charge in [0, 0.05) is 30.3 Å². The first-order valence-electron chi connectivity index (χ1n) is 5.86.